The smallest absolute Gasteiger partial charge is 0.323 e. The van der Waals surface area contributed by atoms with Gasteiger partial charge in [0.2, 0.25) is 0 Å². The van der Waals surface area contributed by atoms with Crippen LogP contribution in [0.2, 0.25) is 0 Å². The maximum absolute atomic E-state index is 13.1. The van der Waals surface area contributed by atoms with E-state index in [1.807, 2.05) is 20.8 Å². The number of nitrogens with zero attached hydrogens (tertiary/aromatic N) is 1. The van der Waals surface area contributed by atoms with Gasteiger partial charge in [-0.25, -0.2) is 0 Å². The number of likely N-dealkylation sites (N-methyl/N-ethyl adjacent to an activating group) is 1. The highest BCUT2D eigenvalue weighted by Gasteiger charge is 2.35. The third kappa shape index (κ3) is 11.8. The summed E-state index contributed by atoms with van der Waals surface area (Å²) < 4.78 is 12.1. The van der Waals surface area contributed by atoms with Crippen molar-refractivity contribution >= 4 is 5.97 Å². The Kier molecular flexibility index (Phi) is 14.5. The van der Waals surface area contributed by atoms with Crippen LogP contribution in [0.25, 0.3) is 0 Å². The van der Waals surface area contributed by atoms with E-state index in [2.05, 4.69) is 40.0 Å². The molecule has 0 aromatic carbocycles. The van der Waals surface area contributed by atoms with E-state index >= 15 is 0 Å². The van der Waals surface area contributed by atoms with Crippen LogP contribution in [-0.2, 0) is 14.3 Å². The molecule has 1 heterocycles. The van der Waals surface area contributed by atoms with E-state index in [0.29, 0.717) is 29.9 Å². The zero-order valence-electron chi connectivity index (χ0n) is 28.4. The number of hydrogen-bond donors (Lipinski definition) is 4. The van der Waals surface area contributed by atoms with Crippen molar-refractivity contribution in [2.75, 3.05) is 45.9 Å². The molecule has 1 saturated heterocycles. The minimum absolute atomic E-state index is 0.0390. The van der Waals surface area contributed by atoms with Crippen molar-refractivity contribution in [3.8, 4) is 0 Å². The molecule has 1 aliphatic heterocycles. The summed E-state index contributed by atoms with van der Waals surface area (Å²) in [6.07, 6.45) is 16.6. The minimum atomic E-state index is -0.431. The van der Waals surface area contributed by atoms with Gasteiger partial charge in [0.15, 0.2) is 0 Å². The first-order valence-corrected chi connectivity index (χ1v) is 18.3. The molecule has 8 heteroatoms. The predicted octanol–water partition coefficient (Wildman–Crippen LogP) is 5.02. The molecule has 0 aromatic heterocycles. The van der Waals surface area contributed by atoms with Crippen LogP contribution in [0.1, 0.15) is 118 Å². The first kappa shape index (κ1) is 35.1. The molecule has 3 aliphatic carbocycles. The molecule has 4 aliphatic rings. The predicted molar refractivity (Wildman–Crippen MR) is 176 cm³/mol. The van der Waals surface area contributed by atoms with Crippen LogP contribution in [0.4, 0.5) is 0 Å². The number of hydrogen-bond acceptors (Lipinski definition) is 8. The Labute approximate surface area is 263 Å². The van der Waals surface area contributed by atoms with E-state index in [-0.39, 0.29) is 18.3 Å². The third-order valence-corrected chi connectivity index (χ3v) is 10.9. The van der Waals surface area contributed by atoms with E-state index < -0.39 is 5.60 Å². The van der Waals surface area contributed by atoms with Crippen LogP contribution in [0.5, 0.6) is 0 Å². The summed E-state index contributed by atoms with van der Waals surface area (Å²) in [6.45, 7) is 17.7. The van der Waals surface area contributed by atoms with Gasteiger partial charge in [-0.2, -0.15) is 0 Å². The number of carbonyl (C=O) groups is 1. The van der Waals surface area contributed by atoms with Crippen molar-refractivity contribution < 1.29 is 14.3 Å². The topological polar surface area (TPSA) is 86.9 Å². The van der Waals surface area contributed by atoms with E-state index in [0.717, 1.165) is 64.6 Å². The molecular weight excluding hydrogens is 538 g/mol. The summed E-state index contributed by atoms with van der Waals surface area (Å²) in [5, 5.41) is 15.1. The van der Waals surface area contributed by atoms with Crippen molar-refractivity contribution in [1.82, 2.24) is 26.2 Å². The summed E-state index contributed by atoms with van der Waals surface area (Å²) in [6, 6.07) is 0.429. The molecule has 0 unspecified atom stereocenters. The van der Waals surface area contributed by atoms with Crippen molar-refractivity contribution in [2.24, 2.45) is 23.7 Å². The van der Waals surface area contributed by atoms with E-state index in [1.165, 1.54) is 70.6 Å². The van der Waals surface area contributed by atoms with E-state index in [1.54, 1.807) is 0 Å². The van der Waals surface area contributed by atoms with Gasteiger partial charge in [-0.05, 0) is 128 Å². The van der Waals surface area contributed by atoms with Gasteiger partial charge < -0.3 is 19.7 Å². The van der Waals surface area contributed by atoms with Gasteiger partial charge in [-0.15, -0.1) is 0 Å². The van der Waals surface area contributed by atoms with Gasteiger partial charge in [0.05, 0.1) is 12.7 Å². The summed E-state index contributed by atoms with van der Waals surface area (Å²) in [7, 11) is 0. The average molecular weight is 606 g/mol. The normalized spacial score (nSPS) is 32.0. The number of carbonyl (C=O) groups excluding carboxylic acids is 1. The summed E-state index contributed by atoms with van der Waals surface area (Å²) in [4.78, 5) is 15.6. The number of rotatable bonds is 14. The molecule has 0 aromatic rings. The maximum Gasteiger partial charge on any atom is 0.323 e. The number of ether oxygens (including phenoxy) is 2. The van der Waals surface area contributed by atoms with E-state index in [4.69, 9.17) is 9.47 Å². The van der Waals surface area contributed by atoms with Crippen LogP contribution in [0, 0.1) is 23.7 Å². The lowest BCUT2D eigenvalue weighted by Gasteiger charge is -2.41. The fraction of sp³-hybridized carbons (Fsp3) is 0.971. The zero-order valence-corrected chi connectivity index (χ0v) is 28.4. The highest BCUT2D eigenvalue weighted by molar-refractivity contribution is 5.76. The van der Waals surface area contributed by atoms with Crippen LogP contribution in [-0.4, -0.2) is 86.8 Å². The van der Waals surface area contributed by atoms with Crippen LogP contribution < -0.4 is 21.3 Å². The van der Waals surface area contributed by atoms with Crippen molar-refractivity contribution in [3.05, 3.63) is 0 Å². The Morgan fingerprint density at radius 1 is 0.860 bits per heavy atom. The molecule has 250 valence electrons. The lowest BCUT2D eigenvalue weighted by atomic mass is 9.75. The number of esters is 1. The van der Waals surface area contributed by atoms with Crippen LogP contribution in [0.3, 0.4) is 0 Å². The Morgan fingerprint density at radius 3 is 2.12 bits per heavy atom. The highest BCUT2D eigenvalue weighted by atomic mass is 16.6. The Hall–Kier alpha value is -0.770. The quantitative estimate of drug-likeness (QED) is 0.205. The Morgan fingerprint density at radius 2 is 1.51 bits per heavy atom. The van der Waals surface area contributed by atoms with Crippen molar-refractivity contribution in [3.63, 3.8) is 0 Å². The van der Waals surface area contributed by atoms with Gasteiger partial charge in [-0.1, -0.05) is 33.1 Å². The molecule has 4 N–H and O–H groups in total. The molecule has 0 spiro atoms. The number of nitrogens with one attached hydrogen (secondary N) is 4. The fourth-order valence-corrected chi connectivity index (χ4v) is 8.09. The second kappa shape index (κ2) is 17.8. The van der Waals surface area contributed by atoms with Crippen LogP contribution in [0.15, 0.2) is 0 Å². The Balaban J connectivity index is 1.10. The van der Waals surface area contributed by atoms with Gasteiger partial charge in [-0.3, -0.25) is 20.7 Å². The summed E-state index contributed by atoms with van der Waals surface area (Å²) in [5.41, 5.74) is -0.431. The third-order valence-electron chi connectivity index (χ3n) is 10.9. The van der Waals surface area contributed by atoms with Gasteiger partial charge in [0.1, 0.15) is 17.9 Å². The van der Waals surface area contributed by atoms with E-state index in [9.17, 15) is 4.79 Å². The molecule has 4 rings (SSSR count). The molecule has 8 nitrogen and oxygen atoms in total. The molecule has 3 saturated carbocycles. The lowest BCUT2D eigenvalue weighted by molar-refractivity contribution is -0.159. The molecule has 43 heavy (non-hydrogen) atoms. The van der Waals surface area contributed by atoms with Gasteiger partial charge in [0.25, 0.3) is 0 Å². The zero-order chi connectivity index (χ0) is 30.7. The molecule has 4 fully saturated rings. The first-order valence-electron chi connectivity index (χ1n) is 18.3. The molecule has 0 amide bonds. The summed E-state index contributed by atoms with van der Waals surface area (Å²) in [5.74, 6) is 2.55. The molecule has 0 radical (unpaired) electrons. The SMILES string of the molecule is CCN(CC)CCOC1CCC(NC2NCC(C3CCC(CN[C@H](C(=O)OC(C)(C)C)C4CCCCC4)CC3)CN2)CC1. The molecule has 1 atom stereocenters. The average Bonchev–Trinajstić information content (AvgIpc) is 3.01. The Bertz CT molecular complexity index is 773. The highest BCUT2D eigenvalue weighted by Crippen LogP contribution is 2.34. The maximum atomic E-state index is 13.1. The monoisotopic (exact) mass is 606 g/mol. The molecule has 0 bridgehead atoms. The summed E-state index contributed by atoms with van der Waals surface area (Å²) >= 11 is 0. The fourth-order valence-electron chi connectivity index (χ4n) is 8.09. The van der Waals surface area contributed by atoms with Crippen molar-refractivity contribution in [1.29, 1.82) is 0 Å². The lowest BCUT2D eigenvalue weighted by Crippen LogP contribution is -2.63. The molecular formula is C35H67N5O3. The minimum Gasteiger partial charge on any atom is -0.459 e. The second-order valence-corrected chi connectivity index (χ2v) is 15.1. The first-order chi connectivity index (χ1) is 20.7. The largest absolute Gasteiger partial charge is 0.459 e. The van der Waals surface area contributed by atoms with Crippen LogP contribution >= 0.6 is 0 Å². The van der Waals surface area contributed by atoms with Gasteiger partial charge >= 0.3 is 5.97 Å². The van der Waals surface area contributed by atoms with Crippen molar-refractivity contribution in [2.45, 2.75) is 148 Å². The second-order valence-electron chi connectivity index (χ2n) is 15.1. The standard InChI is InChI=1S/C35H67N5O3/c1-6-40(7-2)21-22-42-31-19-17-30(18-20-31)39-34-37-24-29(25-38-34)27-15-13-26(14-16-27)23-36-32(28-11-9-8-10-12-28)33(41)43-35(3,4)5/h26-32,34,36-39H,6-25H2,1-5H3/t26?,27?,29?,30?,31?,32-,34?/m0/s1. The van der Waals surface area contributed by atoms with Gasteiger partial charge in [0, 0.05) is 25.7 Å².